The van der Waals surface area contributed by atoms with Gasteiger partial charge in [-0.25, -0.2) is 0 Å². The number of nitrogens with one attached hydrogen (secondary N) is 2. The van der Waals surface area contributed by atoms with E-state index in [9.17, 15) is 15.0 Å². The molecule has 8 heteroatoms. The highest BCUT2D eigenvalue weighted by Gasteiger charge is 2.24. The first-order valence-electron chi connectivity index (χ1n) is 8.94. The van der Waals surface area contributed by atoms with E-state index in [-0.39, 0.29) is 5.91 Å². The molecule has 0 aliphatic rings. The van der Waals surface area contributed by atoms with Crippen molar-refractivity contribution in [2.24, 2.45) is 0 Å². The lowest BCUT2D eigenvalue weighted by atomic mass is 10.1. The smallest absolute Gasteiger partial charge is 0.250 e. The van der Waals surface area contributed by atoms with Crippen LogP contribution in [0.25, 0.3) is 0 Å². The van der Waals surface area contributed by atoms with Gasteiger partial charge in [-0.15, -0.1) is 0 Å². The van der Waals surface area contributed by atoms with Crippen LogP contribution in [-0.4, -0.2) is 22.7 Å². The quantitative estimate of drug-likeness (QED) is 0.296. The third kappa shape index (κ3) is 7.70. The van der Waals surface area contributed by atoms with Crippen LogP contribution in [-0.2, 0) is 17.3 Å². The summed E-state index contributed by atoms with van der Waals surface area (Å²) < 4.78 is 0.865. The predicted octanol–water partition coefficient (Wildman–Crippen LogP) is 4.32. The second-order valence-electron chi connectivity index (χ2n) is 6.44. The van der Waals surface area contributed by atoms with Gasteiger partial charge in [0.05, 0.1) is 10.0 Å². The summed E-state index contributed by atoms with van der Waals surface area (Å²) in [7, 11) is 0. The van der Waals surface area contributed by atoms with E-state index in [0.717, 1.165) is 29.3 Å². The van der Waals surface area contributed by atoms with Crippen molar-refractivity contribution in [3.8, 4) is 0 Å². The number of rotatable bonds is 10. The third-order valence-corrected chi connectivity index (χ3v) is 5.44. The van der Waals surface area contributed by atoms with Gasteiger partial charge in [0, 0.05) is 29.5 Å². The summed E-state index contributed by atoms with van der Waals surface area (Å²) in [5.41, 5.74) is 1.26. The molecule has 0 radical (unpaired) electrons. The molecule has 0 heterocycles. The fourth-order valence-corrected chi connectivity index (χ4v) is 3.16. The van der Waals surface area contributed by atoms with E-state index >= 15 is 0 Å². The van der Waals surface area contributed by atoms with Gasteiger partial charge in [-0.2, -0.15) is 0 Å². The average Bonchev–Trinajstić information content (AvgIpc) is 2.66. The number of unbranched alkanes of at least 4 members (excludes halogenated alkanes) is 2. The van der Waals surface area contributed by atoms with Crippen molar-refractivity contribution >= 4 is 45.0 Å². The molecule has 4 N–H and O–H groups in total. The van der Waals surface area contributed by atoms with Crippen molar-refractivity contribution in [1.29, 1.82) is 0 Å². The topological polar surface area (TPSA) is 81.6 Å². The number of halogens is 3. The molecule has 28 heavy (non-hydrogen) atoms. The molecule has 0 aliphatic heterocycles. The predicted molar refractivity (Wildman–Crippen MR) is 115 cm³/mol. The Morgan fingerprint density at radius 2 is 1.71 bits per heavy atom. The van der Waals surface area contributed by atoms with Gasteiger partial charge in [0.1, 0.15) is 0 Å². The molecule has 0 saturated carbocycles. The molecule has 0 bridgehead atoms. The van der Waals surface area contributed by atoms with Crippen LogP contribution in [0, 0.1) is 0 Å². The molecule has 0 atom stereocenters. The average molecular weight is 490 g/mol. The summed E-state index contributed by atoms with van der Waals surface area (Å²) in [5.74, 6) is -2.11. The Hall–Kier alpha value is -1.15. The number of carbonyl (C=O) groups is 1. The molecule has 5 nitrogen and oxygen atoms in total. The van der Waals surface area contributed by atoms with Gasteiger partial charge < -0.3 is 15.5 Å². The van der Waals surface area contributed by atoms with Gasteiger partial charge >= 0.3 is 0 Å². The van der Waals surface area contributed by atoms with Crippen molar-refractivity contribution in [2.75, 3.05) is 6.54 Å². The number of hydrogen-bond donors (Lipinski definition) is 4. The largest absolute Gasteiger partial charge is 0.352 e. The molecule has 0 aliphatic carbocycles. The standard InChI is InChI=1S/C20H23BrCl2N2O3/c21-16-8-6-15(7-9-16)20(27,28)25-11-3-1-2-4-19(26)24-13-14-5-10-17(22)18(23)12-14/h5-10,12,25,27-28H,1-4,11,13H2,(H,24,26). The Balaban J connectivity index is 1.60. The number of aliphatic hydroxyl groups is 2. The molecule has 152 valence electrons. The van der Waals surface area contributed by atoms with Crippen molar-refractivity contribution in [1.82, 2.24) is 10.6 Å². The SMILES string of the molecule is O=C(CCCCCNC(O)(O)c1ccc(Br)cc1)NCc1ccc(Cl)c(Cl)c1. The maximum atomic E-state index is 11.9. The molecule has 0 unspecified atom stereocenters. The van der Waals surface area contributed by atoms with Crippen LogP contribution >= 0.6 is 39.1 Å². The van der Waals surface area contributed by atoms with Crippen LogP contribution in [0.4, 0.5) is 0 Å². The Morgan fingerprint density at radius 1 is 1.00 bits per heavy atom. The zero-order valence-corrected chi connectivity index (χ0v) is 18.3. The fraction of sp³-hybridized carbons (Fsp3) is 0.350. The van der Waals surface area contributed by atoms with Crippen molar-refractivity contribution in [3.05, 3.63) is 68.1 Å². The second kappa shape index (κ2) is 11.1. The van der Waals surface area contributed by atoms with Crippen LogP contribution in [0.1, 0.15) is 36.8 Å². The lowest BCUT2D eigenvalue weighted by molar-refractivity contribution is -0.194. The molecule has 2 rings (SSSR count). The Bertz CT molecular complexity index is 786. The normalized spacial score (nSPS) is 11.5. The van der Waals surface area contributed by atoms with Crippen molar-refractivity contribution in [3.63, 3.8) is 0 Å². The van der Waals surface area contributed by atoms with E-state index in [1.807, 2.05) is 6.07 Å². The molecule has 0 saturated heterocycles. The van der Waals surface area contributed by atoms with E-state index in [1.54, 1.807) is 36.4 Å². The maximum absolute atomic E-state index is 11.9. The minimum absolute atomic E-state index is 0.0347. The van der Waals surface area contributed by atoms with Crippen LogP contribution in [0.5, 0.6) is 0 Å². The summed E-state index contributed by atoms with van der Waals surface area (Å²) in [6, 6.07) is 12.0. The zero-order chi connectivity index (χ0) is 20.6. The Labute approximate surface area is 183 Å². The van der Waals surface area contributed by atoms with Gasteiger partial charge in [0.2, 0.25) is 5.91 Å². The molecule has 0 fully saturated rings. The number of hydrogen-bond acceptors (Lipinski definition) is 4. The highest BCUT2D eigenvalue weighted by molar-refractivity contribution is 9.10. The summed E-state index contributed by atoms with van der Waals surface area (Å²) in [6.07, 6.45) is 2.65. The first-order valence-corrected chi connectivity index (χ1v) is 10.5. The summed E-state index contributed by atoms with van der Waals surface area (Å²) in [4.78, 5) is 11.9. The highest BCUT2D eigenvalue weighted by Crippen LogP contribution is 2.22. The van der Waals surface area contributed by atoms with Crippen LogP contribution in [0.15, 0.2) is 46.9 Å². The fourth-order valence-electron chi connectivity index (χ4n) is 2.57. The number of benzene rings is 2. The minimum Gasteiger partial charge on any atom is -0.352 e. The second-order valence-corrected chi connectivity index (χ2v) is 8.17. The van der Waals surface area contributed by atoms with Gasteiger partial charge in [0.25, 0.3) is 5.91 Å². The molecule has 0 spiro atoms. The van der Waals surface area contributed by atoms with Crippen molar-refractivity contribution in [2.45, 2.75) is 38.1 Å². The first-order chi connectivity index (χ1) is 13.3. The van der Waals surface area contributed by atoms with Gasteiger partial charge in [-0.05, 0) is 42.7 Å². The minimum atomic E-state index is -2.07. The molecular formula is C20H23BrCl2N2O3. The van der Waals surface area contributed by atoms with E-state index in [2.05, 4.69) is 26.6 Å². The van der Waals surface area contributed by atoms with Crippen molar-refractivity contribution < 1.29 is 15.0 Å². The molecule has 2 aromatic carbocycles. The summed E-state index contributed by atoms with van der Waals surface area (Å²) in [5, 5.41) is 26.7. The Morgan fingerprint density at radius 3 is 2.39 bits per heavy atom. The molecule has 0 aromatic heterocycles. The van der Waals surface area contributed by atoms with Gasteiger partial charge in [0.15, 0.2) is 0 Å². The third-order valence-electron chi connectivity index (χ3n) is 4.17. The lowest BCUT2D eigenvalue weighted by Crippen LogP contribution is -2.42. The number of carbonyl (C=O) groups excluding carboxylic acids is 1. The van der Waals surface area contributed by atoms with E-state index in [1.165, 1.54) is 0 Å². The number of amides is 1. The monoisotopic (exact) mass is 488 g/mol. The van der Waals surface area contributed by atoms with E-state index in [0.29, 0.717) is 35.1 Å². The lowest BCUT2D eigenvalue weighted by Gasteiger charge is -2.23. The molecular weight excluding hydrogens is 467 g/mol. The van der Waals surface area contributed by atoms with Gasteiger partial charge in [-0.1, -0.05) is 63.8 Å². The zero-order valence-electron chi connectivity index (χ0n) is 15.2. The summed E-state index contributed by atoms with van der Waals surface area (Å²) >= 11 is 15.1. The van der Waals surface area contributed by atoms with Crippen LogP contribution in [0.3, 0.4) is 0 Å². The van der Waals surface area contributed by atoms with Gasteiger partial charge in [-0.3, -0.25) is 10.1 Å². The highest BCUT2D eigenvalue weighted by atomic mass is 79.9. The van der Waals surface area contributed by atoms with Crippen LogP contribution in [0.2, 0.25) is 10.0 Å². The molecule has 2 aromatic rings. The van der Waals surface area contributed by atoms with E-state index < -0.39 is 5.91 Å². The maximum Gasteiger partial charge on any atom is 0.250 e. The van der Waals surface area contributed by atoms with E-state index in [4.69, 9.17) is 23.2 Å². The first kappa shape index (κ1) is 23.1. The Kier molecular flexibility index (Phi) is 9.21. The molecule has 1 amide bonds. The summed E-state index contributed by atoms with van der Waals surface area (Å²) in [6.45, 7) is 0.829. The van der Waals surface area contributed by atoms with Crippen LogP contribution < -0.4 is 10.6 Å².